The standard InChI is InChI=1S/C26H32N8O3/c1-15-6-7-16(24(36)32-21(27)11-20(35)26(2,3)4)10-18(15)31-23-22-19(29-14-30-23)12-28-25(33-22)34(5)17-8-9-37-13-17/h6-7,10-12,14,17,35H,8-9,13H2,1-5H3,(H2,27,32,36)(H,29,30,31)/b20-11-. The first-order valence-corrected chi connectivity index (χ1v) is 12.0. The molecule has 1 unspecified atom stereocenters. The Hall–Kier alpha value is -4.12. The van der Waals surface area contributed by atoms with Crippen molar-refractivity contribution >= 4 is 40.2 Å². The van der Waals surface area contributed by atoms with Gasteiger partial charge in [-0.15, -0.1) is 0 Å². The summed E-state index contributed by atoms with van der Waals surface area (Å²) in [6.45, 7) is 8.71. The monoisotopic (exact) mass is 504 g/mol. The largest absolute Gasteiger partial charge is 0.512 e. The van der Waals surface area contributed by atoms with Crippen LogP contribution in [0.25, 0.3) is 11.0 Å². The van der Waals surface area contributed by atoms with E-state index < -0.39 is 11.3 Å². The Morgan fingerprint density at radius 2 is 2.05 bits per heavy atom. The highest BCUT2D eigenvalue weighted by molar-refractivity contribution is 6.09. The van der Waals surface area contributed by atoms with Crippen LogP contribution in [-0.2, 0) is 4.74 Å². The van der Waals surface area contributed by atoms with E-state index in [9.17, 15) is 9.90 Å². The Kier molecular flexibility index (Phi) is 7.35. The van der Waals surface area contributed by atoms with Gasteiger partial charge in [0.2, 0.25) is 5.95 Å². The molecule has 0 bridgehead atoms. The number of carbonyl (C=O) groups is 1. The third-order valence-corrected chi connectivity index (χ3v) is 6.18. The summed E-state index contributed by atoms with van der Waals surface area (Å²) >= 11 is 0. The number of nitrogens with zero attached hydrogens (tertiary/aromatic N) is 5. The maximum absolute atomic E-state index is 12.8. The molecule has 0 radical (unpaired) electrons. The molecule has 0 spiro atoms. The molecule has 1 aliphatic rings. The number of hydrogen-bond donors (Lipinski definition) is 4. The van der Waals surface area contributed by atoms with E-state index in [-0.39, 0.29) is 17.6 Å². The number of aliphatic hydroxyl groups is 1. The number of likely N-dealkylation sites (N-methyl/N-ethyl adjacent to an activating group) is 1. The van der Waals surface area contributed by atoms with E-state index in [1.165, 1.54) is 12.4 Å². The van der Waals surface area contributed by atoms with Gasteiger partial charge in [-0.1, -0.05) is 26.8 Å². The normalized spacial score (nSPS) is 16.0. The van der Waals surface area contributed by atoms with Gasteiger partial charge in [-0.3, -0.25) is 10.2 Å². The number of fused-ring (bicyclic) bond motifs is 1. The van der Waals surface area contributed by atoms with Crippen molar-refractivity contribution in [3.8, 4) is 0 Å². The molecule has 194 valence electrons. The molecular weight excluding hydrogens is 472 g/mol. The minimum atomic E-state index is -0.526. The lowest BCUT2D eigenvalue weighted by atomic mass is 9.93. The molecule has 1 aromatic carbocycles. The topological polar surface area (TPSA) is 149 Å². The molecule has 1 amide bonds. The van der Waals surface area contributed by atoms with Gasteiger partial charge in [0.05, 0.1) is 18.8 Å². The molecule has 1 fully saturated rings. The first kappa shape index (κ1) is 26.0. The molecule has 37 heavy (non-hydrogen) atoms. The Bertz CT molecular complexity index is 1360. The van der Waals surface area contributed by atoms with Crippen molar-refractivity contribution in [2.75, 3.05) is 30.5 Å². The minimum absolute atomic E-state index is 0.00663. The molecule has 11 nitrogen and oxygen atoms in total. The molecule has 4 N–H and O–H groups in total. The van der Waals surface area contributed by atoms with E-state index in [4.69, 9.17) is 15.1 Å². The van der Waals surface area contributed by atoms with Gasteiger partial charge in [0, 0.05) is 36.4 Å². The van der Waals surface area contributed by atoms with Crippen molar-refractivity contribution in [3.05, 3.63) is 53.7 Å². The second-order valence-electron chi connectivity index (χ2n) is 10.1. The lowest BCUT2D eigenvalue weighted by Gasteiger charge is -2.23. The molecular formula is C26H32N8O3. The molecule has 1 aliphatic heterocycles. The van der Waals surface area contributed by atoms with E-state index in [0.717, 1.165) is 18.6 Å². The molecule has 2 aromatic heterocycles. The van der Waals surface area contributed by atoms with Crippen molar-refractivity contribution in [1.82, 2.24) is 25.3 Å². The predicted octanol–water partition coefficient (Wildman–Crippen LogP) is 3.89. The first-order chi connectivity index (χ1) is 17.5. The van der Waals surface area contributed by atoms with Gasteiger partial charge < -0.3 is 25.4 Å². The second kappa shape index (κ2) is 10.5. The van der Waals surface area contributed by atoms with Gasteiger partial charge in [0.25, 0.3) is 5.91 Å². The Morgan fingerprint density at radius 1 is 1.27 bits per heavy atom. The number of ether oxygens (including phenoxy) is 1. The number of aliphatic hydroxyl groups excluding tert-OH is 1. The summed E-state index contributed by atoms with van der Waals surface area (Å²) in [5.74, 6) is 0.373. The van der Waals surface area contributed by atoms with Crippen LogP contribution >= 0.6 is 0 Å². The van der Waals surface area contributed by atoms with Crippen LogP contribution in [0.2, 0.25) is 0 Å². The zero-order valence-electron chi connectivity index (χ0n) is 21.7. The highest BCUT2D eigenvalue weighted by atomic mass is 16.5. The number of amidine groups is 1. The number of carbonyl (C=O) groups excluding carboxylic acids is 1. The van der Waals surface area contributed by atoms with E-state index in [0.29, 0.717) is 40.7 Å². The Morgan fingerprint density at radius 3 is 2.76 bits per heavy atom. The van der Waals surface area contributed by atoms with Gasteiger partial charge in [-0.25, -0.2) is 19.9 Å². The summed E-state index contributed by atoms with van der Waals surface area (Å²) in [5.41, 5.74) is 2.50. The lowest BCUT2D eigenvalue weighted by molar-refractivity contribution is 0.0977. The summed E-state index contributed by atoms with van der Waals surface area (Å²) in [5, 5.41) is 23.9. The molecule has 3 aromatic rings. The lowest BCUT2D eigenvalue weighted by Crippen LogP contribution is -2.33. The van der Waals surface area contributed by atoms with Crippen molar-refractivity contribution in [1.29, 1.82) is 5.41 Å². The second-order valence-corrected chi connectivity index (χ2v) is 10.1. The van der Waals surface area contributed by atoms with Crippen LogP contribution in [0, 0.1) is 17.7 Å². The van der Waals surface area contributed by atoms with Crippen molar-refractivity contribution in [2.45, 2.75) is 40.2 Å². The number of anilines is 3. The Balaban J connectivity index is 1.58. The highest BCUT2D eigenvalue weighted by Gasteiger charge is 2.23. The summed E-state index contributed by atoms with van der Waals surface area (Å²) in [4.78, 5) is 32.7. The number of hydrogen-bond acceptors (Lipinski definition) is 10. The van der Waals surface area contributed by atoms with Crippen LogP contribution in [0.5, 0.6) is 0 Å². The molecule has 0 aliphatic carbocycles. The zero-order valence-corrected chi connectivity index (χ0v) is 21.7. The fourth-order valence-electron chi connectivity index (χ4n) is 3.71. The number of allylic oxidation sites excluding steroid dienone is 1. The van der Waals surface area contributed by atoms with Gasteiger partial charge in [-0.05, 0) is 31.0 Å². The molecule has 3 heterocycles. The minimum Gasteiger partial charge on any atom is -0.512 e. The van der Waals surface area contributed by atoms with Crippen LogP contribution in [0.4, 0.5) is 17.5 Å². The van der Waals surface area contributed by atoms with Crippen LogP contribution in [0.15, 0.2) is 42.6 Å². The molecule has 11 heteroatoms. The fraction of sp³-hybridized carbons (Fsp3) is 0.385. The van der Waals surface area contributed by atoms with Crippen LogP contribution < -0.4 is 15.5 Å². The summed E-state index contributed by atoms with van der Waals surface area (Å²) in [7, 11) is 1.94. The third kappa shape index (κ3) is 6.00. The Labute approximate surface area is 215 Å². The fourth-order valence-corrected chi connectivity index (χ4v) is 3.71. The number of amides is 1. The SMILES string of the molecule is Cc1ccc(C(=O)NC(=N)/C=C(\O)C(C)(C)C)cc1Nc1ncnc2cnc(N(C)C3CCOC3)nc12. The molecule has 1 saturated heterocycles. The van der Waals surface area contributed by atoms with E-state index >= 15 is 0 Å². The molecule has 4 rings (SSSR count). The zero-order chi connectivity index (χ0) is 26.7. The number of aryl methyl sites for hydroxylation is 1. The van der Waals surface area contributed by atoms with Gasteiger partial charge in [-0.2, -0.15) is 0 Å². The van der Waals surface area contributed by atoms with Crippen LogP contribution in [-0.4, -0.2) is 63.1 Å². The molecule has 0 saturated carbocycles. The number of aromatic nitrogens is 4. The van der Waals surface area contributed by atoms with E-state index in [1.807, 2.05) is 39.6 Å². The summed E-state index contributed by atoms with van der Waals surface area (Å²) in [6, 6.07) is 5.37. The number of nitrogens with one attached hydrogen (secondary N) is 3. The van der Waals surface area contributed by atoms with Gasteiger partial charge >= 0.3 is 0 Å². The van der Waals surface area contributed by atoms with Gasteiger partial charge in [0.15, 0.2) is 5.82 Å². The van der Waals surface area contributed by atoms with Crippen molar-refractivity contribution in [2.24, 2.45) is 5.41 Å². The maximum atomic E-state index is 12.8. The quantitative estimate of drug-likeness (QED) is 0.223. The smallest absolute Gasteiger partial charge is 0.256 e. The predicted molar refractivity (Wildman–Crippen MR) is 143 cm³/mol. The summed E-state index contributed by atoms with van der Waals surface area (Å²) in [6.07, 6.45) is 5.25. The third-order valence-electron chi connectivity index (χ3n) is 6.18. The number of benzene rings is 1. The average Bonchev–Trinajstić information content (AvgIpc) is 3.39. The van der Waals surface area contributed by atoms with Crippen LogP contribution in [0.1, 0.15) is 43.1 Å². The summed E-state index contributed by atoms with van der Waals surface area (Å²) < 4.78 is 5.50. The highest BCUT2D eigenvalue weighted by Crippen LogP contribution is 2.27. The van der Waals surface area contributed by atoms with Gasteiger partial charge in [0.1, 0.15) is 29.0 Å². The van der Waals surface area contributed by atoms with E-state index in [2.05, 4.69) is 25.6 Å². The van der Waals surface area contributed by atoms with Crippen molar-refractivity contribution < 1.29 is 14.6 Å². The molecule has 1 atom stereocenters. The first-order valence-electron chi connectivity index (χ1n) is 12.0. The average molecular weight is 505 g/mol. The van der Waals surface area contributed by atoms with E-state index in [1.54, 1.807) is 24.4 Å². The number of rotatable bonds is 6. The van der Waals surface area contributed by atoms with Crippen molar-refractivity contribution in [3.63, 3.8) is 0 Å². The maximum Gasteiger partial charge on any atom is 0.256 e. The van der Waals surface area contributed by atoms with Crippen LogP contribution in [0.3, 0.4) is 0 Å².